The van der Waals surface area contributed by atoms with Gasteiger partial charge in [0.1, 0.15) is 0 Å². The lowest BCUT2D eigenvalue weighted by atomic mass is 9.71. The first-order valence-corrected chi connectivity index (χ1v) is 7.00. The molecule has 1 N–H and O–H groups in total. The van der Waals surface area contributed by atoms with Crippen LogP contribution in [0, 0.1) is 0 Å². The highest BCUT2D eigenvalue weighted by molar-refractivity contribution is 5.38. The van der Waals surface area contributed by atoms with Gasteiger partial charge in [-0.2, -0.15) is 0 Å². The van der Waals surface area contributed by atoms with E-state index in [9.17, 15) is 0 Å². The molecular weight excluding hydrogens is 220 g/mol. The Balaban J connectivity index is 2.25. The Bertz CT molecular complexity index is 398. The lowest BCUT2D eigenvalue weighted by Crippen LogP contribution is -2.36. The molecule has 1 aliphatic carbocycles. The summed E-state index contributed by atoms with van der Waals surface area (Å²) in [6.45, 7) is 6.90. The minimum absolute atomic E-state index is 0.330. The quantitative estimate of drug-likeness (QED) is 0.878. The van der Waals surface area contributed by atoms with E-state index in [4.69, 9.17) is 0 Å². The zero-order valence-corrected chi connectivity index (χ0v) is 12.2. The number of nitrogens with one attached hydrogen (secondary N) is 1. The summed E-state index contributed by atoms with van der Waals surface area (Å²) in [5.74, 6) is 0. The van der Waals surface area contributed by atoms with Crippen molar-refractivity contribution in [2.75, 3.05) is 27.2 Å². The highest BCUT2D eigenvalue weighted by Gasteiger charge is 2.33. The summed E-state index contributed by atoms with van der Waals surface area (Å²) in [6.07, 6.45) is 2.54. The van der Waals surface area contributed by atoms with Gasteiger partial charge < -0.3 is 5.32 Å². The molecule has 2 rings (SSSR count). The summed E-state index contributed by atoms with van der Waals surface area (Å²) in [5.41, 5.74) is 3.40. The summed E-state index contributed by atoms with van der Waals surface area (Å²) in [5, 5.41) is 3.24. The first-order chi connectivity index (χ1) is 8.56. The van der Waals surface area contributed by atoms with Crippen LogP contribution in [0.5, 0.6) is 0 Å². The zero-order chi connectivity index (χ0) is 13.2. The summed E-state index contributed by atoms with van der Waals surface area (Å²) >= 11 is 0. The van der Waals surface area contributed by atoms with Crippen LogP contribution in [-0.2, 0) is 5.41 Å². The van der Waals surface area contributed by atoms with Crippen molar-refractivity contribution in [1.82, 2.24) is 10.2 Å². The Kier molecular flexibility index (Phi) is 4.08. The van der Waals surface area contributed by atoms with Gasteiger partial charge in [0, 0.05) is 19.1 Å². The van der Waals surface area contributed by atoms with Crippen LogP contribution in [0.25, 0.3) is 0 Å². The third kappa shape index (κ3) is 2.60. The standard InChI is InChI=1S/C16H26N2/c1-16(2)10-9-15(18(4)12-11-17-3)13-7-5-6-8-14(13)16/h5-8,15,17H,9-12H2,1-4H3. The molecule has 1 aromatic rings. The first-order valence-electron chi connectivity index (χ1n) is 7.00. The van der Waals surface area contributed by atoms with Crippen molar-refractivity contribution in [3.8, 4) is 0 Å². The van der Waals surface area contributed by atoms with Gasteiger partial charge in [-0.25, -0.2) is 0 Å². The average molecular weight is 246 g/mol. The molecule has 0 aromatic heterocycles. The minimum Gasteiger partial charge on any atom is -0.318 e. The van der Waals surface area contributed by atoms with Crippen molar-refractivity contribution in [3.05, 3.63) is 35.4 Å². The normalized spacial score (nSPS) is 21.9. The second-order valence-corrected chi connectivity index (χ2v) is 6.11. The third-order valence-corrected chi connectivity index (χ3v) is 4.34. The molecule has 18 heavy (non-hydrogen) atoms. The van der Waals surface area contributed by atoms with Crippen molar-refractivity contribution in [1.29, 1.82) is 0 Å². The number of rotatable bonds is 4. The highest BCUT2D eigenvalue weighted by Crippen LogP contribution is 2.43. The van der Waals surface area contributed by atoms with Crippen molar-refractivity contribution < 1.29 is 0 Å². The van der Waals surface area contributed by atoms with Crippen LogP contribution in [0.2, 0.25) is 0 Å². The maximum absolute atomic E-state index is 3.24. The number of benzene rings is 1. The molecule has 2 nitrogen and oxygen atoms in total. The molecule has 0 aliphatic heterocycles. The van der Waals surface area contributed by atoms with Gasteiger partial charge in [0.2, 0.25) is 0 Å². The molecule has 0 bridgehead atoms. The molecule has 1 aromatic carbocycles. The number of hydrogen-bond acceptors (Lipinski definition) is 2. The lowest BCUT2D eigenvalue weighted by Gasteiger charge is -2.40. The topological polar surface area (TPSA) is 15.3 Å². The number of fused-ring (bicyclic) bond motifs is 1. The molecule has 0 saturated heterocycles. The van der Waals surface area contributed by atoms with E-state index >= 15 is 0 Å². The van der Waals surface area contributed by atoms with Crippen LogP contribution >= 0.6 is 0 Å². The largest absolute Gasteiger partial charge is 0.318 e. The van der Waals surface area contributed by atoms with Crippen LogP contribution in [-0.4, -0.2) is 32.1 Å². The fourth-order valence-electron chi connectivity index (χ4n) is 3.09. The molecule has 0 amide bonds. The maximum atomic E-state index is 3.24. The van der Waals surface area contributed by atoms with E-state index in [0.717, 1.165) is 13.1 Å². The van der Waals surface area contributed by atoms with E-state index in [0.29, 0.717) is 11.5 Å². The van der Waals surface area contributed by atoms with Crippen LogP contribution in [0.15, 0.2) is 24.3 Å². The van der Waals surface area contributed by atoms with Crippen LogP contribution in [0.1, 0.15) is 43.9 Å². The molecule has 1 unspecified atom stereocenters. The average Bonchev–Trinajstić information content (AvgIpc) is 2.36. The van der Waals surface area contributed by atoms with Crippen molar-refractivity contribution >= 4 is 0 Å². The summed E-state index contributed by atoms with van der Waals surface area (Å²) in [4.78, 5) is 2.49. The van der Waals surface area contributed by atoms with Gasteiger partial charge in [0.05, 0.1) is 0 Å². The minimum atomic E-state index is 0.330. The van der Waals surface area contributed by atoms with Gasteiger partial charge in [-0.05, 0) is 43.5 Å². The van der Waals surface area contributed by atoms with Gasteiger partial charge >= 0.3 is 0 Å². The fraction of sp³-hybridized carbons (Fsp3) is 0.625. The van der Waals surface area contributed by atoms with Crippen LogP contribution in [0.4, 0.5) is 0 Å². The predicted molar refractivity (Wildman–Crippen MR) is 78.0 cm³/mol. The molecule has 0 saturated carbocycles. The Hall–Kier alpha value is -0.860. The van der Waals surface area contributed by atoms with E-state index in [1.54, 1.807) is 0 Å². The smallest absolute Gasteiger partial charge is 0.0348 e. The van der Waals surface area contributed by atoms with Gasteiger partial charge in [-0.3, -0.25) is 4.90 Å². The van der Waals surface area contributed by atoms with E-state index in [-0.39, 0.29) is 0 Å². The van der Waals surface area contributed by atoms with Gasteiger partial charge in [-0.1, -0.05) is 38.1 Å². The molecular formula is C16H26N2. The van der Waals surface area contributed by atoms with Crippen LogP contribution < -0.4 is 5.32 Å². The number of likely N-dealkylation sites (N-methyl/N-ethyl adjacent to an activating group) is 2. The first kappa shape index (κ1) is 13.6. The molecule has 2 heteroatoms. The summed E-state index contributed by atoms with van der Waals surface area (Å²) < 4.78 is 0. The zero-order valence-electron chi connectivity index (χ0n) is 12.2. The Labute approximate surface area is 111 Å². The molecule has 0 heterocycles. The number of hydrogen-bond donors (Lipinski definition) is 1. The fourth-order valence-corrected chi connectivity index (χ4v) is 3.09. The molecule has 0 spiro atoms. The van der Waals surface area contributed by atoms with E-state index < -0.39 is 0 Å². The SMILES string of the molecule is CNCCN(C)C1CCC(C)(C)c2ccccc21. The Morgan fingerprint density at radius 2 is 2.06 bits per heavy atom. The lowest BCUT2D eigenvalue weighted by molar-refractivity contribution is 0.202. The van der Waals surface area contributed by atoms with Gasteiger partial charge in [0.15, 0.2) is 0 Å². The van der Waals surface area contributed by atoms with Crippen molar-refractivity contribution in [3.63, 3.8) is 0 Å². The van der Waals surface area contributed by atoms with Crippen molar-refractivity contribution in [2.24, 2.45) is 0 Å². The Morgan fingerprint density at radius 3 is 2.78 bits per heavy atom. The summed E-state index contributed by atoms with van der Waals surface area (Å²) in [7, 11) is 4.27. The molecule has 1 atom stereocenters. The van der Waals surface area contributed by atoms with Crippen molar-refractivity contribution in [2.45, 2.75) is 38.1 Å². The monoisotopic (exact) mass is 246 g/mol. The second-order valence-electron chi connectivity index (χ2n) is 6.11. The maximum Gasteiger partial charge on any atom is 0.0348 e. The molecule has 0 radical (unpaired) electrons. The highest BCUT2D eigenvalue weighted by atomic mass is 15.1. The summed E-state index contributed by atoms with van der Waals surface area (Å²) in [6, 6.07) is 9.57. The van der Waals surface area contributed by atoms with E-state index in [1.807, 2.05) is 7.05 Å². The predicted octanol–water partition coefficient (Wildman–Crippen LogP) is 2.95. The van der Waals surface area contributed by atoms with Crippen LogP contribution in [0.3, 0.4) is 0 Å². The van der Waals surface area contributed by atoms with Gasteiger partial charge in [-0.15, -0.1) is 0 Å². The van der Waals surface area contributed by atoms with E-state index in [1.165, 1.54) is 24.0 Å². The molecule has 1 aliphatic rings. The number of nitrogens with zero attached hydrogens (tertiary/aromatic N) is 1. The second kappa shape index (κ2) is 5.41. The van der Waals surface area contributed by atoms with Gasteiger partial charge in [0.25, 0.3) is 0 Å². The third-order valence-electron chi connectivity index (χ3n) is 4.34. The van der Waals surface area contributed by atoms with E-state index in [2.05, 4.69) is 55.4 Å². The molecule has 0 fully saturated rings. The molecule has 100 valence electrons. The Morgan fingerprint density at radius 1 is 1.33 bits per heavy atom.